The summed E-state index contributed by atoms with van der Waals surface area (Å²) < 4.78 is 30.9. The van der Waals surface area contributed by atoms with Gasteiger partial charge in [-0.3, -0.25) is 9.63 Å². The minimum absolute atomic E-state index is 0.0742. The topological polar surface area (TPSA) is 102 Å². The van der Waals surface area contributed by atoms with E-state index in [0.717, 1.165) is 10.8 Å². The van der Waals surface area contributed by atoms with Crippen LogP contribution in [0.1, 0.15) is 28.9 Å². The lowest BCUT2D eigenvalue weighted by Gasteiger charge is -2.20. The first-order valence-electron chi connectivity index (χ1n) is 9.87. The third-order valence-corrected chi connectivity index (χ3v) is 6.60. The molecule has 0 aliphatic heterocycles. The maximum atomic E-state index is 13.0. The molecule has 1 atom stereocenters. The highest BCUT2D eigenvalue weighted by Crippen LogP contribution is 2.26. The lowest BCUT2D eigenvalue weighted by molar-refractivity contribution is -0.145. The van der Waals surface area contributed by atoms with E-state index in [9.17, 15) is 18.0 Å². The summed E-state index contributed by atoms with van der Waals surface area (Å²) in [5.74, 6) is -1.23. The van der Waals surface area contributed by atoms with Crippen LogP contribution < -0.4 is 5.32 Å². The number of hydrogen-bond donors (Lipinski definition) is 1. The Balaban J connectivity index is 1.98. The SMILES string of the molecule is CCOC(=O)[C@@H](NC(=O)c1cccc(S(=O)(=O)N(C)OC)c1)c1cccc2ccccc12. The Bertz CT molecular complexity index is 1240. The lowest BCUT2D eigenvalue weighted by atomic mass is 9.98. The third-order valence-electron chi connectivity index (χ3n) is 4.92. The van der Waals surface area contributed by atoms with Gasteiger partial charge in [-0.05, 0) is 41.5 Å². The summed E-state index contributed by atoms with van der Waals surface area (Å²) in [5, 5.41) is 4.40. The van der Waals surface area contributed by atoms with Crippen LogP contribution >= 0.6 is 0 Å². The van der Waals surface area contributed by atoms with Gasteiger partial charge in [0.25, 0.3) is 15.9 Å². The Morgan fingerprint density at radius 3 is 2.44 bits per heavy atom. The monoisotopic (exact) mass is 456 g/mol. The molecule has 3 aromatic rings. The molecule has 3 rings (SSSR count). The molecule has 0 spiro atoms. The molecule has 168 valence electrons. The van der Waals surface area contributed by atoms with Gasteiger partial charge >= 0.3 is 5.97 Å². The van der Waals surface area contributed by atoms with Gasteiger partial charge in [0.15, 0.2) is 6.04 Å². The number of amides is 1. The summed E-state index contributed by atoms with van der Waals surface area (Å²) >= 11 is 0. The predicted molar refractivity (Wildman–Crippen MR) is 119 cm³/mol. The Morgan fingerprint density at radius 2 is 1.72 bits per heavy atom. The minimum Gasteiger partial charge on any atom is -0.464 e. The maximum absolute atomic E-state index is 13.0. The second kappa shape index (κ2) is 9.90. The fourth-order valence-corrected chi connectivity index (χ4v) is 4.27. The van der Waals surface area contributed by atoms with Gasteiger partial charge in [-0.15, -0.1) is 0 Å². The molecule has 0 saturated carbocycles. The Hall–Kier alpha value is -3.27. The van der Waals surface area contributed by atoms with Crippen LogP contribution in [0.4, 0.5) is 0 Å². The number of hydrogen-bond acceptors (Lipinski definition) is 6. The standard InChI is InChI=1S/C23H24N2O6S/c1-4-31-23(27)21(20-14-8-10-16-9-5-6-13-19(16)20)24-22(26)17-11-7-12-18(15-17)32(28,29)25(2)30-3/h5-15,21H,4H2,1-3H3,(H,24,26)/t21-/m0/s1. The van der Waals surface area contributed by atoms with Crippen molar-refractivity contribution in [1.82, 2.24) is 9.79 Å². The number of nitrogens with one attached hydrogen (secondary N) is 1. The Labute approximate surface area is 186 Å². The first kappa shape index (κ1) is 23.4. The van der Waals surface area contributed by atoms with Gasteiger partial charge in [0, 0.05) is 12.6 Å². The van der Waals surface area contributed by atoms with E-state index >= 15 is 0 Å². The summed E-state index contributed by atoms with van der Waals surface area (Å²) in [6.45, 7) is 1.83. The number of nitrogens with zero attached hydrogens (tertiary/aromatic N) is 1. The van der Waals surface area contributed by atoms with Crippen molar-refractivity contribution >= 4 is 32.7 Å². The predicted octanol–water partition coefficient (Wildman–Crippen LogP) is 3.06. The number of fused-ring (bicyclic) bond motifs is 1. The van der Waals surface area contributed by atoms with Crippen molar-refractivity contribution in [2.24, 2.45) is 0 Å². The highest BCUT2D eigenvalue weighted by Gasteiger charge is 2.27. The van der Waals surface area contributed by atoms with Crippen LogP contribution in [0.25, 0.3) is 10.8 Å². The number of carbonyl (C=O) groups is 2. The van der Waals surface area contributed by atoms with Crippen molar-refractivity contribution in [3.63, 3.8) is 0 Å². The highest BCUT2D eigenvalue weighted by atomic mass is 32.2. The van der Waals surface area contributed by atoms with Gasteiger partial charge in [-0.2, -0.15) is 0 Å². The van der Waals surface area contributed by atoms with E-state index in [-0.39, 0.29) is 17.1 Å². The van der Waals surface area contributed by atoms with E-state index in [4.69, 9.17) is 9.57 Å². The minimum atomic E-state index is -3.94. The van der Waals surface area contributed by atoms with Crippen LogP contribution in [0.15, 0.2) is 71.6 Å². The summed E-state index contributed by atoms with van der Waals surface area (Å²) in [6, 6.07) is 17.4. The van der Waals surface area contributed by atoms with Crippen LogP contribution in [0.3, 0.4) is 0 Å². The smallest absolute Gasteiger partial charge is 0.333 e. The summed E-state index contributed by atoms with van der Waals surface area (Å²) in [6.07, 6.45) is 0. The summed E-state index contributed by atoms with van der Waals surface area (Å²) in [5.41, 5.74) is 0.655. The van der Waals surface area contributed by atoms with E-state index in [0.29, 0.717) is 10.0 Å². The average molecular weight is 457 g/mol. The zero-order chi connectivity index (χ0) is 23.3. The largest absolute Gasteiger partial charge is 0.464 e. The van der Waals surface area contributed by atoms with Gasteiger partial charge < -0.3 is 10.1 Å². The maximum Gasteiger partial charge on any atom is 0.333 e. The molecule has 0 fully saturated rings. The second-order valence-electron chi connectivity index (χ2n) is 6.85. The number of rotatable bonds is 8. The van der Waals surface area contributed by atoms with E-state index in [1.54, 1.807) is 19.1 Å². The van der Waals surface area contributed by atoms with Gasteiger partial charge in [-0.25, -0.2) is 13.2 Å². The van der Waals surface area contributed by atoms with Gasteiger partial charge in [0.05, 0.1) is 18.6 Å². The van der Waals surface area contributed by atoms with Crippen LogP contribution in [0, 0.1) is 0 Å². The van der Waals surface area contributed by atoms with Crippen LogP contribution in [-0.2, 0) is 24.4 Å². The quantitative estimate of drug-likeness (QED) is 0.413. The lowest BCUT2D eigenvalue weighted by Crippen LogP contribution is -2.35. The number of esters is 1. The average Bonchev–Trinajstić information content (AvgIpc) is 2.81. The summed E-state index contributed by atoms with van der Waals surface area (Å²) in [7, 11) is -1.47. The van der Waals surface area contributed by atoms with Crippen molar-refractivity contribution < 1.29 is 27.6 Å². The number of ether oxygens (including phenoxy) is 1. The fraction of sp³-hybridized carbons (Fsp3) is 0.217. The zero-order valence-corrected chi connectivity index (χ0v) is 18.8. The fourth-order valence-electron chi connectivity index (χ4n) is 3.25. The highest BCUT2D eigenvalue weighted by molar-refractivity contribution is 7.89. The second-order valence-corrected chi connectivity index (χ2v) is 8.79. The molecule has 0 aliphatic rings. The molecule has 1 N–H and O–H groups in total. The van der Waals surface area contributed by atoms with Crippen molar-refractivity contribution in [1.29, 1.82) is 0 Å². The van der Waals surface area contributed by atoms with E-state index in [2.05, 4.69) is 5.32 Å². The van der Waals surface area contributed by atoms with Crippen molar-refractivity contribution in [3.05, 3.63) is 77.9 Å². The van der Waals surface area contributed by atoms with Crippen LogP contribution in [0.2, 0.25) is 0 Å². The van der Waals surface area contributed by atoms with Crippen molar-refractivity contribution in [2.75, 3.05) is 20.8 Å². The molecule has 9 heteroatoms. The van der Waals surface area contributed by atoms with Gasteiger partial charge in [-0.1, -0.05) is 53.0 Å². The molecule has 0 radical (unpaired) electrons. The molecule has 0 bridgehead atoms. The molecule has 0 aliphatic carbocycles. The van der Waals surface area contributed by atoms with Crippen LogP contribution in [0.5, 0.6) is 0 Å². The molecule has 0 heterocycles. The number of carbonyl (C=O) groups excluding carboxylic acids is 2. The molecular formula is C23H24N2O6S. The molecule has 1 amide bonds. The molecular weight excluding hydrogens is 432 g/mol. The molecule has 0 saturated heterocycles. The van der Waals surface area contributed by atoms with E-state index in [1.165, 1.54) is 38.4 Å². The first-order chi connectivity index (χ1) is 15.3. The number of hydroxylamine groups is 1. The van der Waals surface area contributed by atoms with Gasteiger partial charge in [0.2, 0.25) is 0 Å². The van der Waals surface area contributed by atoms with Gasteiger partial charge in [0.1, 0.15) is 0 Å². The molecule has 0 unspecified atom stereocenters. The first-order valence-corrected chi connectivity index (χ1v) is 11.3. The van der Waals surface area contributed by atoms with Crippen molar-refractivity contribution in [3.8, 4) is 0 Å². The number of sulfonamides is 1. The van der Waals surface area contributed by atoms with E-state index in [1.807, 2.05) is 30.3 Å². The normalized spacial score (nSPS) is 12.5. The zero-order valence-electron chi connectivity index (χ0n) is 17.9. The number of benzene rings is 3. The van der Waals surface area contributed by atoms with E-state index < -0.39 is 27.9 Å². The van der Waals surface area contributed by atoms with Crippen LogP contribution in [-0.4, -0.2) is 45.5 Å². The Morgan fingerprint density at radius 1 is 1.03 bits per heavy atom. The molecule has 8 nitrogen and oxygen atoms in total. The summed E-state index contributed by atoms with van der Waals surface area (Å²) in [4.78, 5) is 30.4. The van der Waals surface area contributed by atoms with Crippen molar-refractivity contribution in [2.45, 2.75) is 17.9 Å². The molecule has 0 aromatic heterocycles. The third kappa shape index (κ3) is 4.80. The Kier molecular flexibility index (Phi) is 7.24. The molecule has 3 aromatic carbocycles. The molecule has 32 heavy (non-hydrogen) atoms.